The molecule has 1 N–H and O–H groups in total. The third-order valence-corrected chi connectivity index (χ3v) is 4.41. The number of amides is 1. The summed E-state index contributed by atoms with van der Waals surface area (Å²) in [4.78, 5) is 14.5. The normalized spacial score (nSPS) is 19.2. The number of rotatable bonds is 4. The van der Waals surface area contributed by atoms with E-state index in [-0.39, 0.29) is 5.91 Å². The third kappa shape index (κ3) is 3.10. The molecule has 2 aromatic rings. The Morgan fingerprint density at radius 3 is 2.90 bits per heavy atom. The Morgan fingerprint density at radius 1 is 1.33 bits per heavy atom. The van der Waals surface area contributed by atoms with Gasteiger partial charge in [0, 0.05) is 37.2 Å². The highest BCUT2D eigenvalue weighted by Crippen LogP contribution is 2.20. The Balaban J connectivity index is 1.61. The number of aryl methyl sites for hydroxylation is 1. The van der Waals surface area contributed by atoms with Gasteiger partial charge in [-0.1, -0.05) is 18.2 Å². The van der Waals surface area contributed by atoms with E-state index >= 15 is 0 Å². The van der Waals surface area contributed by atoms with Crippen molar-refractivity contribution >= 4 is 16.8 Å². The van der Waals surface area contributed by atoms with Gasteiger partial charge >= 0.3 is 0 Å². The van der Waals surface area contributed by atoms with Crippen molar-refractivity contribution in [2.75, 3.05) is 26.7 Å². The number of likely N-dealkylation sites (tertiary alicyclic amines) is 1. The fraction of sp³-hybridized carbons (Fsp3) is 0.471. The Bertz CT molecular complexity index is 647. The molecule has 1 aliphatic rings. The highest BCUT2D eigenvalue weighted by Gasteiger charge is 2.20. The van der Waals surface area contributed by atoms with Crippen LogP contribution in [0, 0.1) is 5.92 Å². The van der Waals surface area contributed by atoms with Gasteiger partial charge in [0.2, 0.25) is 5.91 Å². The lowest BCUT2D eigenvalue weighted by Gasteiger charge is -2.11. The molecular weight excluding hydrogens is 262 g/mol. The standard InChI is InChI=1S/C17H23N3O/c1-19-8-7-13(11-19)10-18-17(21)9-14-12-20(2)16-6-4-3-5-15(14)16/h3-6,12-13H,7-11H2,1-2H3,(H,18,21)/t13-/m1/s1. The third-order valence-electron chi connectivity index (χ3n) is 4.41. The molecule has 0 unspecified atom stereocenters. The zero-order chi connectivity index (χ0) is 14.8. The van der Waals surface area contributed by atoms with Crippen LogP contribution in [0.25, 0.3) is 10.9 Å². The van der Waals surface area contributed by atoms with Crippen LogP contribution in [0.15, 0.2) is 30.5 Å². The lowest BCUT2D eigenvalue weighted by Crippen LogP contribution is -2.31. The molecule has 0 bridgehead atoms. The fourth-order valence-corrected chi connectivity index (χ4v) is 3.25. The topological polar surface area (TPSA) is 37.3 Å². The average molecular weight is 285 g/mol. The van der Waals surface area contributed by atoms with Crippen LogP contribution in [0.2, 0.25) is 0 Å². The molecule has 0 spiro atoms. The monoisotopic (exact) mass is 285 g/mol. The van der Waals surface area contributed by atoms with Crippen molar-refractivity contribution in [1.82, 2.24) is 14.8 Å². The first kappa shape index (κ1) is 14.1. The molecule has 21 heavy (non-hydrogen) atoms. The number of para-hydroxylation sites is 1. The molecule has 112 valence electrons. The maximum atomic E-state index is 12.2. The number of nitrogens with one attached hydrogen (secondary N) is 1. The summed E-state index contributed by atoms with van der Waals surface area (Å²) in [5.74, 6) is 0.729. The van der Waals surface area contributed by atoms with Crippen LogP contribution in [-0.4, -0.2) is 42.1 Å². The lowest BCUT2D eigenvalue weighted by atomic mass is 10.1. The summed E-state index contributed by atoms with van der Waals surface area (Å²) in [6, 6.07) is 8.23. The fourth-order valence-electron chi connectivity index (χ4n) is 3.25. The van der Waals surface area contributed by atoms with E-state index in [4.69, 9.17) is 0 Å². The number of carbonyl (C=O) groups excluding carboxylic acids is 1. The van der Waals surface area contributed by atoms with Crippen molar-refractivity contribution < 1.29 is 4.79 Å². The highest BCUT2D eigenvalue weighted by atomic mass is 16.1. The van der Waals surface area contributed by atoms with Crippen molar-refractivity contribution in [3.8, 4) is 0 Å². The lowest BCUT2D eigenvalue weighted by molar-refractivity contribution is -0.120. The minimum absolute atomic E-state index is 0.126. The first-order valence-electron chi connectivity index (χ1n) is 7.61. The second kappa shape index (κ2) is 5.90. The molecule has 1 aliphatic heterocycles. The number of nitrogens with zero attached hydrogens (tertiary/aromatic N) is 2. The maximum Gasteiger partial charge on any atom is 0.224 e. The van der Waals surface area contributed by atoms with Gasteiger partial charge in [-0.25, -0.2) is 0 Å². The summed E-state index contributed by atoms with van der Waals surface area (Å²) in [6.07, 6.45) is 3.71. The average Bonchev–Trinajstić information content (AvgIpc) is 3.02. The number of hydrogen-bond acceptors (Lipinski definition) is 2. The number of hydrogen-bond donors (Lipinski definition) is 1. The van der Waals surface area contributed by atoms with Gasteiger partial charge in [-0.15, -0.1) is 0 Å². The molecule has 1 saturated heterocycles. The molecule has 1 amide bonds. The van der Waals surface area contributed by atoms with Gasteiger partial charge in [-0.3, -0.25) is 4.79 Å². The summed E-state index contributed by atoms with van der Waals surface area (Å²) >= 11 is 0. The zero-order valence-corrected chi connectivity index (χ0v) is 12.8. The van der Waals surface area contributed by atoms with Gasteiger partial charge in [0.05, 0.1) is 6.42 Å². The smallest absolute Gasteiger partial charge is 0.224 e. The predicted molar refractivity (Wildman–Crippen MR) is 85.2 cm³/mol. The maximum absolute atomic E-state index is 12.2. The van der Waals surface area contributed by atoms with Crippen LogP contribution < -0.4 is 5.32 Å². The molecule has 4 heteroatoms. The van der Waals surface area contributed by atoms with E-state index < -0.39 is 0 Å². The van der Waals surface area contributed by atoms with Gasteiger partial charge in [0.25, 0.3) is 0 Å². The van der Waals surface area contributed by atoms with Gasteiger partial charge in [0.15, 0.2) is 0 Å². The molecule has 1 aromatic carbocycles. The Labute approximate surface area is 125 Å². The molecular formula is C17H23N3O. The highest BCUT2D eigenvalue weighted by molar-refractivity contribution is 5.89. The summed E-state index contributed by atoms with van der Waals surface area (Å²) in [5.41, 5.74) is 2.28. The molecule has 4 nitrogen and oxygen atoms in total. The molecule has 1 atom stereocenters. The minimum Gasteiger partial charge on any atom is -0.355 e. The predicted octanol–water partition coefficient (Wildman–Crippen LogP) is 1.79. The van der Waals surface area contributed by atoms with Crippen LogP contribution in [0.4, 0.5) is 0 Å². The SMILES string of the molecule is CN1CC[C@H](CNC(=O)Cc2cn(C)c3ccccc23)C1. The van der Waals surface area contributed by atoms with Crippen LogP contribution >= 0.6 is 0 Å². The molecule has 1 aromatic heterocycles. The van der Waals surface area contributed by atoms with Crippen molar-refractivity contribution in [3.05, 3.63) is 36.0 Å². The van der Waals surface area contributed by atoms with Crippen molar-refractivity contribution in [2.24, 2.45) is 13.0 Å². The molecule has 1 fully saturated rings. The van der Waals surface area contributed by atoms with Crippen molar-refractivity contribution in [3.63, 3.8) is 0 Å². The number of benzene rings is 1. The van der Waals surface area contributed by atoms with E-state index in [0.29, 0.717) is 12.3 Å². The van der Waals surface area contributed by atoms with Crippen LogP contribution in [-0.2, 0) is 18.3 Å². The summed E-state index contributed by atoms with van der Waals surface area (Å²) < 4.78 is 2.09. The van der Waals surface area contributed by atoms with E-state index in [1.54, 1.807) is 0 Å². The first-order valence-corrected chi connectivity index (χ1v) is 7.61. The van der Waals surface area contributed by atoms with E-state index in [1.807, 2.05) is 19.2 Å². The van der Waals surface area contributed by atoms with E-state index in [9.17, 15) is 4.79 Å². The largest absolute Gasteiger partial charge is 0.355 e. The number of carbonyl (C=O) groups is 1. The van der Waals surface area contributed by atoms with Gasteiger partial charge in [-0.05, 0) is 37.6 Å². The van der Waals surface area contributed by atoms with Crippen LogP contribution in [0.1, 0.15) is 12.0 Å². The summed E-state index contributed by atoms with van der Waals surface area (Å²) in [7, 11) is 4.16. The molecule has 0 saturated carbocycles. The van der Waals surface area contributed by atoms with Crippen molar-refractivity contribution in [1.29, 1.82) is 0 Å². The van der Waals surface area contributed by atoms with Gasteiger partial charge < -0.3 is 14.8 Å². The van der Waals surface area contributed by atoms with Crippen LogP contribution in [0.5, 0.6) is 0 Å². The van der Waals surface area contributed by atoms with Crippen molar-refractivity contribution in [2.45, 2.75) is 12.8 Å². The summed E-state index contributed by atoms with van der Waals surface area (Å²) in [5, 5.41) is 4.27. The Hall–Kier alpha value is -1.81. The molecule has 0 aliphatic carbocycles. The molecule has 3 rings (SSSR count). The number of fused-ring (bicyclic) bond motifs is 1. The minimum atomic E-state index is 0.126. The van der Waals surface area contributed by atoms with Crippen LogP contribution in [0.3, 0.4) is 0 Å². The molecule has 2 heterocycles. The Morgan fingerprint density at radius 2 is 2.14 bits per heavy atom. The number of aromatic nitrogens is 1. The second-order valence-electron chi connectivity index (χ2n) is 6.18. The Kier molecular flexibility index (Phi) is 3.97. The van der Waals surface area contributed by atoms with E-state index in [2.05, 4.69) is 40.2 Å². The second-order valence-corrected chi connectivity index (χ2v) is 6.18. The van der Waals surface area contributed by atoms with Gasteiger partial charge in [-0.2, -0.15) is 0 Å². The van der Waals surface area contributed by atoms with Gasteiger partial charge in [0.1, 0.15) is 0 Å². The first-order chi connectivity index (χ1) is 10.1. The quantitative estimate of drug-likeness (QED) is 0.930. The summed E-state index contributed by atoms with van der Waals surface area (Å²) in [6.45, 7) is 3.03. The molecule has 0 radical (unpaired) electrons. The van der Waals surface area contributed by atoms with E-state index in [1.165, 1.54) is 17.3 Å². The van der Waals surface area contributed by atoms with E-state index in [0.717, 1.165) is 25.2 Å². The zero-order valence-electron chi connectivity index (χ0n) is 12.8.